The van der Waals surface area contributed by atoms with Crippen molar-refractivity contribution < 1.29 is 9.90 Å². The van der Waals surface area contributed by atoms with E-state index in [4.69, 9.17) is 4.98 Å². The normalized spacial score (nSPS) is 16.7. The van der Waals surface area contributed by atoms with Crippen molar-refractivity contribution in [3.63, 3.8) is 0 Å². The highest BCUT2D eigenvalue weighted by molar-refractivity contribution is 5.99. The Hall–Kier alpha value is -4.31. The number of piperazine rings is 1. The van der Waals surface area contributed by atoms with Crippen molar-refractivity contribution in [1.29, 1.82) is 0 Å². The quantitative estimate of drug-likeness (QED) is 0.300. The number of rotatable bonds is 7. The van der Waals surface area contributed by atoms with Crippen molar-refractivity contribution >= 4 is 40.0 Å². The van der Waals surface area contributed by atoms with E-state index in [1.165, 1.54) is 6.92 Å². The highest BCUT2D eigenvalue weighted by atomic mass is 16.3. The molecule has 6 rings (SSSR count). The molecule has 0 radical (unpaired) electrons. The number of hydrogen-bond acceptors (Lipinski definition) is 9. The number of Topliss-reactive ketones (excluding diaryl/α,β-unsaturated/α-hetero) is 1. The summed E-state index contributed by atoms with van der Waals surface area (Å²) in [5.74, 6) is 0.742. The number of aromatic nitrogens is 4. The molecule has 0 unspecified atom stereocenters. The number of anilines is 4. The predicted molar refractivity (Wildman–Crippen MR) is 165 cm³/mol. The molecule has 10 heteroatoms. The molecule has 2 fully saturated rings. The number of carbonyl (C=O) groups excluding carboxylic acids is 1. The van der Waals surface area contributed by atoms with Crippen LogP contribution in [0.2, 0.25) is 0 Å². The molecule has 1 saturated carbocycles. The average Bonchev–Trinajstić information content (AvgIpc) is 3.52. The van der Waals surface area contributed by atoms with E-state index in [1.54, 1.807) is 24.6 Å². The Morgan fingerprint density at radius 1 is 0.952 bits per heavy atom. The molecule has 2 N–H and O–H groups in total. The highest BCUT2D eigenvalue weighted by Crippen LogP contribution is 2.32. The van der Waals surface area contributed by atoms with E-state index in [-0.39, 0.29) is 22.9 Å². The third-order valence-electron chi connectivity index (χ3n) is 8.62. The van der Waals surface area contributed by atoms with Gasteiger partial charge in [-0.2, -0.15) is 4.98 Å². The van der Waals surface area contributed by atoms with Gasteiger partial charge < -0.3 is 20.2 Å². The first-order valence-electron chi connectivity index (χ1n) is 14.7. The minimum Gasteiger partial charge on any atom is -0.389 e. The lowest BCUT2D eigenvalue weighted by molar-refractivity contribution is 0.101. The second-order valence-corrected chi connectivity index (χ2v) is 11.4. The summed E-state index contributed by atoms with van der Waals surface area (Å²) < 4.78 is 1.72. The first kappa shape index (κ1) is 27.8. The van der Waals surface area contributed by atoms with Crippen LogP contribution in [-0.2, 0) is 0 Å². The fourth-order valence-corrected chi connectivity index (χ4v) is 6.26. The maximum atomic E-state index is 13.5. The number of aryl methyl sites for hydroxylation is 1. The second kappa shape index (κ2) is 11.5. The van der Waals surface area contributed by atoms with Crippen molar-refractivity contribution in [3.05, 3.63) is 75.8 Å². The molecule has 1 aliphatic carbocycles. The summed E-state index contributed by atoms with van der Waals surface area (Å²) in [6, 6.07) is 12.1. The van der Waals surface area contributed by atoms with Gasteiger partial charge in [-0.1, -0.05) is 25.0 Å². The summed E-state index contributed by atoms with van der Waals surface area (Å²) in [6.45, 7) is 8.56. The molecule has 1 aromatic carbocycles. The van der Waals surface area contributed by atoms with Crippen LogP contribution in [0.1, 0.15) is 73.2 Å². The summed E-state index contributed by atoms with van der Waals surface area (Å²) >= 11 is 0. The zero-order chi connectivity index (χ0) is 29.4. The van der Waals surface area contributed by atoms with Crippen LogP contribution in [0.5, 0.6) is 0 Å². The third-order valence-corrected chi connectivity index (χ3v) is 8.62. The van der Waals surface area contributed by atoms with Crippen molar-refractivity contribution in [3.8, 4) is 0 Å². The van der Waals surface area contributed by atoms with E-state index >= 15 is 0 Å². The Morgan fingerprint density at radius 3 is 2.19 bits per heavy atom. The standard InChI is InChI=1S/C32H37N7O3/c1-20-27-19-34-32(36-30(27)39(25-6-4-5-7-25)31(42)29(20)22(3)41)35-28-13-12-26(18-33-28)38-16-14-37(15-17-38)24-10-8-23(9-11-24)21(2)40/h8-13,18-19,21,25,40H,4-7,14-17H2,1-3H3,(H,33,34,35,36)/t21-/m0/s1. The molecular formula is C32H37N7O3. The van der Waals surface area contributed by atoms with Crippen LogP contribution in [0.25, 0.3) is 11.0 Å². The van der Waals surface area contributed by atoms with Crippen LogP contribution in [0.15, 0.2) is 53.6 Å². The lowest BCUT2D eigenvalue weighted by Gasteiger charge is -2.37. The van der Waals surface area contributed by atoms with Gasteiger partial charge in [-0.15, -0.1) is 0 Å². The van der Waals surface area contributed by atoms with Gasteiger partial charge in [0.15, 0.2) is 5.78 Å². The molecule has 1 aliphatic heterocycles. The molecule has 1 saturated heterocycles. The molecule has 4 aromatic rings. The van der Waals surface area contributed by atoms with Gasteiger partial charge in [0.1, 0.15) is 11.5 Å². The fourth-order valence-electron chi connectivity index (χ4n) is 6.26. The van der Waals surface area contributed by atoms with Crippen molar-refractivity contribution in [2.45, 2.75) is 58.6 Å². The maximum Gasteiger partial charge on any atom is 0.263 e. The molecule has 42 heavy (non-hydrogen) atoms. The van der Waals surface area contributed by atoms with E-state index in [9.17, 15) is 14.7 Å². The van der Waals surface area contributed by atoms with E-state index < -0.39 is 6.10 Å². The molecule has 0 amide bonds. The predicted octanol–water partition coefficient (Wildman–Crippen LogP) is 4.94. The zero-order valence-electron chi connectivity index (χ0n) is 24.4. The van der Waals surface area contributed by atoms with Gasteiger partial charge in [0.05, 0.1) is 23.6 Å². The Bertz CT molecular complexity index is 1650. The Morgan fingerprint density at radius 2 is 1.60 bits per heavy atom. The number of benzene rings is 1. The summed E-state index contributed by atoms with van der Waals surface area (Å²) in [7, 11) is 0. The van der Waals surface area contributed by atoms with Crippen LogP contribution in [0.3, 0.4) is 0 Å². The third kappa shape index (κ3) is 5.34. The van der Waals surface area contributed by atoms with Gasteiger partial charge in [-0.05, 0) is 69.0 Å². The summed E-state index contributed by atoms with van der Waals surface area (Å²) in [4.78, 5) is 44.4. The second-order valence-electron chi connectivity index (χ2n) is 11.4. The van der Waals surface area contributed by atoms with Crippen LogP contribution in [0.4, 0.5) is 23.1 Å². The average molecular weight is 568 g/mol. The summed E-state index contributed by atoms with van der Waals surface area (Å²) in [6.07, 6.45) is 7.00. The Labute approximate surface area is 245 Å². The zero-order valence-corrected chi connectivity index (χ0v) is 24.4. The van der Waals surface area contributed by atoms with Crippen molar-refractivity contribution in [1.82, 2.24) is 19.5 Å². The monoisotopic (exact) mass is 567 g/mol. The number of pyridine rings is 2. The van der Waals surface area contributed by atoms with E-state index in [2.05, 4.69) is 37.2 Å². The first-order valence-corrected chi connectivity index (χ1v) is 14.7. The molecule has 4 heterocycles. The van der Waals surface area contributed by atoms with E-state index in [0.717, 1.165) is 74.2 Å². The number of carbonyl (C=O) groups is 1. The molecular weight excluding hydrogens is 530 g/mol. The van der Waals surface area contributed by atoms with Gasteiger partial charge in [0.25, 0.3) is 5.56 Å². The smallest absolute Gasteiger partial charge is 0.263 e. The lowest BCUT2D eigenvalue weighted by Crippen LogP contribution is -2.46. The minimum absolute atomic E-state index is 0.0305. The topological polar surface area (TPSA) is 116 Å². The number of aliphatic hydroxyl groups is 1. The number of nitrogens with one attached hydrogen (secondary N) is 1. The highest BCUT2D eigenvalue weighted by Gasteiger charge is 2.26. The lowest BCUT2D eigenvalue weighted by atomic mass is 10.0. The van der Waals surface area contributed by atoms with E-state index in [0.29, 0.717) is 23.0 Å². The molecule has 218 valence electrons. The van der Waals surface area contributed by atoms with Gasteiger partial charge in [0, 0.05) is 49.5 Å². The maximum absolute atomic E-state index is 13.5. The summed E-state index contributed by atoms with van der Waals surface area (Å²) in [5.41, 5.74) is 4.29. The minimum atomic E-state index is -0.460. The van der Waals surface area contributed by atoms with E-state index in [1.807, 2.05) is 30.5 Å². The largest absolute Gasteiger partial charge is 0.389 e. The molecule has 2 aliphatic rings. The van der Waals surface area contributed by atoms with Gasteiger partial charge in [-0.3, -0.25) is 14.2 Å². The van der Waals surface area contributed by atoms with Gasteiger partial charge >= 0.3 is 0 Å². The van der Waals surface area contributed by atoms with Gasteiger partial charge in [-0.25, -0.2) is 9.97 Å². The number of nitrogens with zero attached hydrogens (tertiary/aromatic N) is 6. The van der Waals surface area contributed by atoms with Crippen LogP contribution in [0, 0.1) is 6.92 Å². The molecule has 1 atom stereocenters. The SMILES string of the molecule is CC(=O)c1c(C)c2cnc(Nc3ccc(N4CCN(c5ccc([C@H](C)O)cc5)CC4)cn3)nc2n(C2CCCC2)c1=O. The molecule has 0 spiro atoms. The number of hydrogen-bond donors (Lipinski definition) is 2. The van der Waals surface area contributed by atoms with Crippen LogP contribution >= 0.6 is 0 Å². The van der Waals surface area contributed by atoms with Crippen molar-refractivity contribution in [2.24, 2.45) is 0 Å². The Kier molecular flexibility index (Phi) is 7.64. The number of aliphatic hydroxyl groups excluding tert-OH is 1. The number of ketones is 1. The van der Waals surface area contributed by atoms with Crippen molar-refractivity contribution in [2.75, 3.05) is 41.3 Å². The first-order chi connectivity index (χ1) is 20.3. The van der Waals surface area contributed by atoms with Gasteiger partial charge in [0.2, 0.25) is 5.95 Å². The van der Waals surface area contributed by atoms with Crippen LogP contribution < -0.4 is 20.7 Å². The summed E-state index contributed by atoms with van der Waals surface area (Å²) in [5, 5.41) is 13.7. The Balaban J connectivity index is 1.18. The number of fused-ring (bicyclic) bond motifs is 1. The van der Waals surface area contributed by atoms with Crippen LogP contribution in [-0.4, -0.2) is 56.6 Å². The molecule has 0 bridgehead atoms. The molecule has 10 nitrogen and oxygen atoms in total. The molecule has 3 aromatic heterocycles. The fraction of sp³-hybridized carbons (Fsp3) is 0.406.